The first-order valence-corrected chi connectivity index (χ1v) is 9.79. The lowest BCUT2D eigenvalue weighted by Crippen LogP contribution is -2.39. The molecule has 0 aliphatic carbocycles. The minimum Gasteiger partial charge on any atom is -0.457 e. The molecule has 4 rings (SSSR count). The molecule has 1 saturated heterocycles. The van der Waals surface area contributed by atoms with Crippen LogP contribution in [0.15, 0.2) is 67.0 Å². The van der Waals surface area contributed by atoms with E-state index in [2.05, 4.69) is 9.55 Å². The quantitative estimate of drug-likeness (QED) is 0.658. The van der Waals surface area contributed by atoms with Gasteiger partial charge in [-0.3, -0.25) is 4.79 Å². The number of aryl methyl sites for hydroxylation is 1. The highest BCUT2D eigenvalue weighted by atomic mass is 16.5. The van der Waals surface area contributed by atoms with Gasteiger partial charge in [0.1, 0.15) is 17.3 Å². The molecule has 0 bridgehead atoms. The Kier molecular flexibility index (Phi) is 5.42. The molecule has 5 heteroatoms. The number of imidazole rings is 1. The largest absolute Gasteiger partial charge is 0.457 e. The van der Waals surface area contributed by atoms with Gasteiger partial charge in [-0.2, -0.15) is 0 Å². The summed E-state index contributed by atoms with van der Waals surface area (Å²) in [5.74, 6) is 3.27. The number of hydrogen-bond donors (Lipinski definition) is 0. The second-order valence-corrected chi connectivity index (χ2v) is 7.30. The second kappa shape index (κ2) is 8.30. The fourth-order valence-corrected chi connectivity index (χ4v) is 3.67. The van der Waals surface area contributed by atoms with Crippen molar-refractivity contribution >= 4 is 5.91 Å². The van der Waals surface area contributed by atoms with Crippen molar-refractivity contribution in [2.45, 2.75) is 26.3 Å². The summed E-state index contributed by atoms with van der Waals surface area (Å²) < 4.78 is 8.00. The predicted octanol–water partition coefficient (Wildman–Crippen LogP) is 4.54. The summed E-state index contributed by atoms with van der Waals surface area (Å²) in [6, 6.07) is 17.1. The number of likely N-dealkylation sites (tertiary alicyclic amines) is 1. The van der Waals surface area contributed by atoms with Crippen molar-refractivity contribution in [3.05, 3.63) is 78.4 Å². The molecule has 28 heavy (non-hydrogen) atoms. The summed E-state index contributed by atoms with van der Waals surface area (Å²) in [6.07, 6.45) is 5.93. The van der Waals surface area contributed by atoms with Gasteiger partial charge in [0.25, 0.3) is 5.91 Å². The molecule has 1 amide bonds. The maximum atomic E-state index is 12.8. The SMILES string of the molecule is Cc1nccn1CC1CCN(C(=O)c2ccc(Oc3ccccc3)cc2)CC1. The molecule has 0 radical (unpaired) electrons. The Morgan fingerprint density at radius 2 is 1.71 bits per heavy atom. The summed E-state index contributed by atoms with van der Waals surface area (Å²) in [4.78, 5) is 19.1. The number of hydrogen-bond acceptors (Lipinski definition) is 3. The molecule has 2 aromatic carbocycles. The van der Waals surface area contributed by atoms with Gasteiger partial charge in [-0.15, -0.1) is 0 Å². The van der Waals surface area contributed by atoms with Gasteiger partial charge in [0.05, 0.1) is 0 Å². The minimum atomic E-state index is 0.100. The number of carbonyl (C=O) groups is 1. The van der Waals surface area contributed by atoms with Crippen LogP contribution < -0.4 is 4.74 Å². The number of aromatic nitrogens is 2. The van der Waals surface area contributed by atoms with Crippen LogP contribution in [0, 0.1) is 12.8 Å². The molecular weight excluding hydrogens is 350 g/mol. The van der Waals surface area contributed by atoms with E-state index in [0.29, 0.717) is 11.5 Å². The van der Waals surface area contributed by atoms with Gasteiger partial charge in [0.15, 0.2) is 0 Å². The third kappa shape index (κ3) is 4.25. The second-order valence-electron chi connectivity index (χ2n) is 7.30. The minimum absolute atomic E-state index is 0.100. The Morgan fingerprint density at radius 1 is 1.04 bits per heavy atom. The molecule has 0 saturated carbocycles. The smallest absolute Gasteiger partial charge is 0.253 e. The van der Waals surface area contributed by atoms with Crippen LogP contribution in [-0.4, -0.2) is 33.4 Å². The number of rotatable bonds is 5. The molecule has 0 spiro atoms. The normalized spacial score (nSPS) is 14.8. The van der Waals surface area contributed by atoms with E-state index in [0.717, 1.165) is 49.8 Å². The lowest BCUT2D eigenvalue weighted by atomic mass is 9.96. The van der Waals surface area contributed by atoms with Crippen LogP contribution in [0.4, 0.5) is 0 Å². The Hall–Kier alpha value is -3.08. The Bertz CT molecular complexity index is 911. The van der Waals surface area contributed by atoms with E-state index in [1.54, 1.807) is 0 Å². The zero-order chi connectivity index (χ0) is 19.3. The molecule has 1 aliphatic heterocycles. The molecule has 1 aromatic heterocycles. The van der Waals surface area contributed by atoms with Crippen molar-refractivity contribution in [1.29, 1.82) is 0 Å². The van der Waals surface area contributed by atoms with Gasteiger partial charge >= 0.3 is 0 Å². The standard InChI is InChI=1S/C23H25N3O2/c1-18-24-13-16-26(18)17-19-11-14-25(15-12-19)23(27)20-7-9-22(10-8-20)28-21-5-3-2-4-6-21/h2-10,13,16,19H,11-12,14-15,17H2,1H3. The van der Waals surface area contributed by atoms with E-state index in [-0.39, 0.29) is 5.91 Å². The predicted molar refractivity (Wildman–Crippen MR) is 109 cm³/mol. The highest BCUT2D eigenvalue weighted by Crippen LogP contribution is 2.24. The number of para-hydroxylation sites is 1. The Morgan fingerprint density at radius 3 is 2.36 bits per heavy atom. The fraction of sp³-hybridized carbons (Fsp3) is 0.304. The summed E-state index contributed by atoms with van der Waals surface area (Å²) in [6.45, 7) is 4.63. The van der Waals surface area contributed by atoms with E-state index < -0.39 is 0 Å². The van der Waals surface area contributed by atoms with Gasteiger partial charge in [0, 0.05) is 37.6 Å². The number of nitrogens with zero attached hydrogens (tertiary/aromatic N) is 3. The number of benzene rings is 2. The summed E-state index contributed by atoms with van der Waals surface area (Å²) in [5, 5.41) is 0. The molecular formula is C23H25N3O2. The highest BCUT2D eigenvalue weighted by Gasteiger charge is 2.24. The van der Waals surface area contributed by atoms with E-state index in [1.807, 2.05) is 78.8 Å². The van der Waals surface area contributed by atoms with Crippen LogP contribution in [0.2, 0.25) is 0 Å². The van der Waals surface area contributed by atoms with Crippen LogP contribution in [0.25, 0.3) is 0 Å². The van der Waals surface area contributed by atoms with Crippen molar-refractivity contribution in [2.75, 3.05) is 13.1 Å². The van der Waals surface area contributed by atoms with Crippen molar-refractivity contribution in [3.63, 3.8) is 0 Å². The van der Waals surface area contributed by atoms with E-state index >= 15 is 0 Å². The lowest BCUT2D eigenvalue weighted by molar-refractivity contribution is 0.0682. The molecule has 3 aromatic rings. The molecule has 2 heterocycles. The first-order chi connectivity index (χ1) is 13.7. The summed E-state index contributed by atoms with van der Waals surface area (Å²) in [7, 11) is 0. The molecule has 144 valence electrons. The molecule has 0 atom stereocenters. The molecule has 5 nitrogen and oxygen atoms in total. The number of amides is 1. The molecule has 1 aliphatic rings. The third-order valence-electron chi connectivity index (χ3n) is 5.36. The first kappa shape index (κ1) is 18.3. The third-order valence-corrected chi connectivity index (χ3v) is 5.36. The maximum absolute atomic E-state index is 12.8. The lowest BCUT2D eigenvalue weighted by Gasteiger charge is -2.32. The number of ether oxygens (including phenoxy) is 1. The average Bonchev–Trinajstić information content (AvgIpc) is 3.14. The summed E-state index contributed by atoms with van der Waals surface area (Å²) in [5.41, 5.74) is 0.712. The maximum Gasteiger partial charge on any atom is 0.253 e. The molecule has 0 unspecified atom stereocenters. The molecule has 0 N–H and O–H groups in total. The van der Waals surface area contributed by atoms with Crippen LogP contribution in [-0.2, 0) is 6.54 Å². The van der Waals surface area contributed by atoms with Crippen LogP contribution >= 0.6 is 0 Å². The molecule has 1 fully saturated rings. The van der Waals surface area contributed by atoms with Crippen LogP contribution in [0.1, 0.15) is 29.0 Å². The van der Waals surface area contributed by atoms with Crippen molar-refractivity contribution < 1.29 is 9.53 Å². The van der Waals surface area contributed by atoms with E-state index in [9.17, 15) is 4.79 Å². The highest BCUT2D eigenvalue weighted by molar-refractivity contribution is 5.94. The van der Waals surface area contributed by atoms with Gasteiger partial charge in [-0.25, -0.2) is 4.98 Å². The van der Waals surface area contributed by atoms with Crippen molar-refractivity contribution in [1.82, 2.24) is 14.5 Å². The van der Waals surface area contributed by atoms with E-state index in [1.165, 1.54) is 0 Å². The van der Waals surface area contributed by atoms with Gasteiger partial charge in [-0.05, 0) is 62.1 Å². The first-order valence-electron chi connectivity index (χ1n) is 9.79. The summed E-state index contributed by atoms with van der Waals surface area (Å²) >= 11 is 0. The number of carbonyl (C=O) groups excluding carboxylic acids is 1. The zero-order valence-corrected chi connectivity index (χ0v) is 16.1. The van der Waals surface area contributed by atoms with Gasteiger partial charge in [0.2, 0.25) is 0 Å². The van der Waals surface area contributed by atoms with Crippen LogP contribution in [0.3, 0.4) is 0 Å². The number of piperidine rings is 1. The van der Waals surface area contributed by atoms with Gasteiger partial charge in [-0.1, -0.05) is 18.2 Å². The van der Waals surface area contributed by atoms with E-state index in [4.69, 9.17) is 4.74 Å². The monoisotopic (exact) mass is 375 g/mol. The average molecular weight is 375 g/mol. The van der Waals surface area contributed by atoms with Crippen molar-refractivity contribution in [2.24, 2.45) is 5.92 Å². The Labute approximate surface area is 165 Å². The zero-order valence-electron chi connectivity index (χ0n) is 16.1. The van der Waals surface area contributed by atoms with Crippen molar-refractivity contribution in [3.8, 4) is 11.5 Å². The van der Waals surface area contributed by atoms with Gasteiger partial charge < -0.3 is 14.2 Å². The fourth-order valence-electron chi connectivity index (χ4n) is 3.67. The topological polar surface area (TPSA) is 47.4 Å². The Balaban J connectivity index is 1.32. The van der Waals surface area contributed by atoms with Crippen LogP contribution in [0.5, 0.6) is 11.5 Å².